The van der Waals surface area contributed by atoms with Crippen molar-refractivity contribution in [2.24, 2.45) is 0 Å². The molecule has 1 heterocycles. The fraction of sp³-hybridized carbons (Fsp3) is 0.0833. The van der Waals surface area contributed by atoms with Crippen molar-refractivity contribution in [1.29, 1.82) is 0 Å². The molecule has 0 saturated carbocycles. The number of benzene rings is 1. The van der Waals surface area contributed by atoms with Gasteiger partial charge in [0.2, 0.25) is 0 Å². The van der Waals surface area contributed by atoms with Gasteiger partial charge in [0.1, 0.15) is 11.3 Å². The predicted molar refractivity (Wildman–Crippen MR) is 63.1 cm³/mol. The molecule has 0 bridgehead atoms. The minimum Gasteiger partial charge on any atom is -0.478 e. The number of hydrogen-bond acceptors (Lipinski definition) is 4. The van der Waals surface area contributed by atoms with E-state index in [1.807, 2.05) is 0 Å². The molecule has 0 amide bonds. The molecule has 0 aliphatic heterocycles. The molecule has 92 valence electrons. The van der Waals surface area contributed by atoms with Crippen LogP contribution in [0.15, 0.2) is 35.4 Å². The van der Waals surface area contributed by atoms with Crippen molar-refractivity contribution >= 4 is 5.97 Å². The number of rotatable bonds is 3. The van der Waals surface area contributed by atoms with E-state index in [9.17, 15) is 9.59 Å². The minimum absolute atomic E-state index is 0.0138. The molecular formula is C12H10N2O4. The number of nitrogens with one attached hydrogen (secondary N) is 1. The van der Waals surface area contributed by atoms with Crippen molar-refractivity contribution in [2.45, 2.75) is 6.92 Å². The summed E-state index contributed by atoms with van der Waals surface area (Å²) >= 11 is 0. The Balaban J connectivity index is 2.50. The molecular weight excluding hydrogens is 236 g/mol. The molecule has 2 N–H and O–H groups in total. The van der Waals surface area contributed by atoms with Crippen molar-refractivity contribution < 1.29 is 14.6 Å². The van der Waals surface area contributed by atoms with Crippen LogP contribution in [-0.4, -0.2) is 21.0 Å². The Bertz CT molecular complexity index is 649. The molecule has 6 nitrogen and oxygen atoms in total. The van der Waals surface area contributed by atoms with Crippen molar-refractivity contribution in [1.82, 2.24) is 9.97 Å². The number of H-pyrrole nitrogens is 1. The van der Waals surface area contributed by atoms with Crippen molar-refractivity contribution in [3.63, 3.8) is 0 Å². The number of carboxylic acids is 1. The van der Waals surface area contributed by atoms with E-state index >= 15 is 0 Å². The Morgan fingerprint density at radius 2 is 2.22 bits per heavy atom. The first-order valence-corrected chi connectivity index (χ1v) is 5.14. The van der Waals surface area contributed by atoms with Crippen LogP contribution in [0.2, 0.25) is 0 Å². The van der Waals surface area contributed by atoms with E-state index in [4.69, 9.17) is 9.84 Å². The van der Waals surface area contributed by atoms with E-state index in [0.717, 1.165) is 0 Å². The summed E-state index contributed by atoms with van der Waals surface area (Å²) in [6.07, 6.45) is 2.72. The number of aromatic amines is 1. The number of carboxylic acid groups (broad SMARTS) is 1. The molecule has 6 heteroatoms. The third-order valence-corrected chi connectivity index (χ3v) is 2.32. The molecule has 0 aliphatic rings. The summed E-state index contributed by atoms with van der Waals surface area (Å²) in [6.45, 7) is 1.69. The lowest BCUT2D eigenvalue weighted by Crippen LogP contribution is -2.11. The highest BCUT2D eigenvalue weighted by molar-refractivity contribution is 5.91. The highest BCUT2D eigenvalue weighted by atomic mass is 16.5. The zero-order valence-corrected chi connectivity index (χ0v) is 9.51. The summed E-state index contributed by atoms with van der Waals surface area (Å²) in [4.78, 5) is 28.6. The third-order valence-electron chi connectivity index (χ3n) is 2.32. The van der Waals surface area contributed by atoms with Crippen LogP contribution in [0.5, 0.6) is 11.6 Å². The second-order valence-corrected chi connectivity index (χ2v) is 3.58. The normalized spacial score (nSPS) is 10.1. The lowest BCUT2D eigenvalue weighted by molar-refractivity contribution is 0.0694. The first-order chi connectivity index (χ1) is 8.59. The number of hydrogen-bond donors (Lipinski definition) is 2. The smallest absolute Gasteiger partial charge is 0.339 e. The molecule has 0 saturated heterocycles. The average Bonchev–Trinajstić information content (AvgIpc) is 2.34. The van der Waals surface area contributed by atoms with E-state index in [-0.39, 0.29) is 17.2 Å². The highest BCUT2D eigenvalue weighted by Crippen LogP contribution is 2.26. The van der Waals surface area contributed by atoms with Gasteiger partial charge in [-0.1, -0.05) is 12.1 Å². The van der Waals surface area contributed by atoms with E-state index in [0.29, 0.717) is 5.56 Å². The molecule has 0 unspecified atom stereocenters. The van der Waals surface area contributed by atoms with Crippen LogP contribution in [0, 0.1) is 6.92 Å². The van der Waals surface area contributed by atoms with Gasteiger partial charge in [-0.2, -0.15) is 0 Å². The zero-order valence-electron chi connectivity index (χ0n) is 9.51. The van der Waals surface area contributed by atoms with Crippen LogP contribution in [-0.2, 0) is 0 Å². The topological polar surface area (TPSA) is 92.3 Å². The molecule has 0 fully saturated rings. The average molecular weight is 246 g/mol. The number of aromatic nitrogens is 2. The molecule has 0 aliphatic carbocycles. The number of aryl methyl sites for hydroxylation is 1. The Morgan fingerprint density at radius 3 is 2.89 bits per heavy atom. The lowest BCUT2D eigenvalue weighted by atomic mass is 10.1. The van der Waals surface area contributed by atoms with E-state index < -0.39 is 11.5 Å². The monoisotopic (exact) mass is 246 g/mol. The fourth-order valence-electron chi connectivity index (χ4n) is 1.46. The SMILES string of the molecule is Cc1cccc(C(=O)O)c1Oc1ncc[nH]c1=O. The highest BCUT2D eigenvalue weighted by Gasteiger charge is 2.15. The van der Waals surface area contributed by atoms with Crippen LogP contribution in [0.4, 0.5) is 0 Å². The van der Waals surface area contributed by atoms with Crippen LogP contribution in [0.1, 0.15) is 15.9 Å². The van der Waals surface area contributed by atoms with Crippen molar-refractivity contribution in [3.05, 3.63) is 52.1 Å². The maximum atomic E-state index is 11.4. The van der Waals surface area contributed by atoms with Crippen molar-refractivity contribution in [3.8, 4) is 11.6 Å². The van der Waals surface area contributed by atoms with Gasteiger partial charge in [0, 0.05) is 12.4 Å². The van der Waals surface area contributed by atoms with Gasteiger partial charge in [-0.05, 0) is 18.6 Å². The van der Waals surface area contributed by atoms with E-state index in [1.54, 1.807) is 19.1 Å². The quantitative estimate of drug-likeness (QED) is 0.857. The molecule has 0 radical (unpaired) electrons. The Hall–Kier alpha value is -2.63. The molecule has 0 atom stereocenters. The van der Waals surface area contributed by atoms with Gasteiger partial charge in [-0.25, -0.2) is 9.78 Å². The number of para-hydroxylation sites is 1. The zero-order chi connectivity index (χ0) is 13.1. The molecule has 2 rings (SSSR count). The predicted octanol–water partition coefficient (Wildman–Crippen LogP) is 1.57. The third kappa shape index (κ3) is 2.22. The standard InChI is InChI=1S/C12H10N2O4/c1-7-3-2-4-8(12(16)17)9(7)18-11-10(15)13-5-6-14-11/h2-6H,1H3,(H,13,15)(H,16,17). The Morgan fingerprint density at radius 1 is 1.44 bits per heavy atom. The second-order valence-electron chi connectivity index (χ2n) is 3.58. The summed E-state index contributed by atoms with van der Waals surface area (Å²) in [6, 6.07) is 4.70. The van der Waals surface area contributed by atoms with Crippen LogP contribution in [0.3, 0.4) is 0 Å². The van der Waals surface area contributed by atoms with E-state index in [2.05, 4.69) is 9.97 Å². The largest absolute Gasteiger partial charge is 0.478 e. The first-order valence-electron chi connectivity index (χ1n) is 5.14. The molecule has 0 spiro atoms. The number of aromatic carboxylic acids is 1. The summed E-state index contributed by atoms with van der Waals surface area (Å²) in [5.74, 6) is -1.19. The Kier molecular flexibility index (Phi) is 3.09. The van der Waals surface area contributed by atoms with Gasteiger partial charge in [0.25, 0.3) is 5.88 Å². The summed E-state index contributed by atoms with van der Waals surface area (Å²) in [7, 11) is 0. The minimum atomic E-state index is -1.12. The van der Waals surface area contributed by atoms with E-state index in [1.165, 1.54) is 18.5 Å². The molecule has 18 heavy (non-hydrogen) atoms. The molecule has 1 aromatic heterocycles. The summed E-state index contributed by atoms with van der Waals surface area (Å²) < 4.78 is 5.30. The van der Waals surface area contributed by atoms with Crippen LogP contribution >= 0.6 is 0 Å². The first kappa shape index (κ1) is 11.8. The van der Waals surface area contributed by atoms with Crippen molar-refractivity contribution in [2.75, 3.05) is 0 Å². The van der Waals surface area contributed by atoms with Gasteiger partial charge in [0.05, 0.1) is 0 Å². The number of carbonyl (C=O) groups is 1. The van der Waals surface area contributed by atoms with Gasteiger partial charge >= 0.3 is 11.5 Å². The molecule has 1 aromatic carbocycles. The molecule has 2 aromatic rings. The maximum absolute atomic E-state index is 11.4. The van der Waals surface area contributed by atoms with Gasteiger partial charge in [0.15, 0.2) is 0 Å². The summed E-state index contributed by atoms with van der Waals surface area (Å²) in [5.41, 5.74) is 0.0806. The van der Waals surface area contributed by atoms with Crippen LogP contribution < -0.4 is 10.3 Å². The second kappa shape index (κ2) is 4.70. The van der Waals surface area contributed by atoms with Gasteiger partial charge in [-0.15, -0.1) is 0 Å². The fourth-order valence-corrected chi connectivity index (χ4v) is 1.46. The van der Waals surface area contributed by atoms with Crippen LogP contribution in [0.25, 0.3) is 0 Å². The van der Waals surface area contributed by atoms with Gasteiger partial charge in [-0.3, -0.25) is 4.79 Å². The number of nitrogens with zero attached hydrogens (tertiary/aromatic N) is 1. The number of ether oxygens (including phenoxy) is 1. The lowest BCUT2D eigenvalue weighted by Gasteiger charge is -2.09. The van der Waals surface area contributed by atoms with Gasteiger partial charge < -0.3 is 14.8 Å². The Labute approximate surface area is 102 Å². The summed E-state index contributed by atoms with van der Waals surface area (Å²) in [5, 5.41) is 9.05. The maximum Gasteiger partial charge on any atom is 0.339 e.